The average Bonchev–Trinajstić information content (AvgIpc) is 0.748. The molecule has 6 saturated heterocycles. The topological polar surface area (TPSA) is 311 Å². The molecule has 0 saturated carbocycles. The summed E-state index contributed by atoms with van der Waals surface area (Å²) in [6.07, 6.45) is 3.97. The number of aromatic nitrogens is 9. The molecule has 33 heteroatoms. The molecule has 0 aliphatic carbocycles. The zero-order valence-corrected chi connectivity index (χ0v) is 68.2. The van der Waals surface area contributed by atoms with Crippen molar-refractivity contribution < 1.29 is 27.6 Å². The fraction of sp³-hybridized carbons (Fsp3) is 0.429. The number of amides is 3. The van der Waals surface area contributed by atoms with Gasteiger partial charge in [0.05, 0.1) is 33.2 Å². The number of halogens is 3. The molecular weight excluding hydrogens is 1500 g/mol. The highest BCUT2D eigenvalue weighted by atomic mass is 19.1. The number of carbonyl (C=O) groups is 3. The van der Waals surface area contributed by atoms with Gasteiger partial charge >= 0.3 is 0 Å². The molecule has 3 aromatic carbocycles. The molecule has 6 N–H and O–H groups in total. The fourth-order valence-electron chi connectivity index (χ4n) is 16.7. The summed E-state index contributed by atoms with van der Waals surface area (Å²) in [6.45, 7) is 45.6. The Hall–Kier alpha value is -12.0. The Kier molecular flexibility index (Phi) is 25.0. The summed E-state index contributed by atoms with van der Waals surface area (Å²) in [6, 6.07) is 19.8. The zero-order valence-electron chi connectivity index (χ0n) is 68.2. The highest BCUT2D eigenvalue weighted by Gasteiger charge is 2.39. The number of rotatable bonds is 21. The van der Waals surface area contributed by atoms with Crippen LogP contribution in [0.25, 0.3) is 49.8 Å². The molecule has 3 amide bonds. The van der Waals surface area contributed by atoms with Gasteiger partial charge in [-0.05, 0) is 133 Å². The standard InChI is InChI=1S/3C28H35FN8O2/c3*1-5-23(38)34-11-13-35(14-12-34)26-20-15-18(4)37(25-21(29)9-8-10-22(25)30)27(39)24(20)31-28(32-26)36-16-19(17-36)33(6-2)7-3/h3*5,8-10,15,19H,1,6-7,11-14,16-17,30H2,2-4H3. The van der Waals surface area contributed by atoms with Crippen LogP contribution in [0.5, 0.6) is 0 Å². The SMILES string of the molecule is C=CC(=O)N1CCN(c2nc(N3CC(N(CC)CC)C3)nc3c(=O)n(-c4c(N)cccc4F)c(C)cc23)CC1.C=CC(=O)N1CCN(c2nc(N3CC(N(CC)CC)C3)nc3c(=O)n(-c4c(N)cccc4F)c(C)cc23)CC1.C=CC(=O)N1CCN(c2nc(N3CC(N(CC)CC)C3)nc3c(=O)n(-c4c(N)cccc4F)c(C)cc23)CC1. The lowest BCUT2D eigenvalue weighted by molar-refractivity contribution is -0.127. The molecule has 0 radical (unpaired) electrons. The Morgan fingerprint density at radius 3 is 0.821 bits per heavy atom. The van der Waals surface area contributed by atoms with Gasteiger partial charge in [0.1, 0.15) is 68.5 Å². The number of fused-ring (bicyclic) bond motifs is 3. The summed E-state index contributed by atoms with van der Waals surface area (Å²) in [5.74, 6) is 1.28. The van der Waals surface area contributed by atoms with Gasteiger partial charge in [0.2, 0.25) is 35.6 Å². The van der Waals surface area contributed by atoms with Crippen LogP contribution < -0.4 is 63.3 Å². The van der Waals surface area contributed by atoms with Crippen LogP contribution in [-0.4, -0.2) is 266 Å². The van der Waals surface area contributed by atoms with Gasteiger partial charge in [-0.15, -0.1) is 0 Å². The van der Waals surface area contributed by atoms with E-state index in [0.29, 0.717) is 165 Å². The summed E-state index contributed by atoms with van der Waals surface area (Å²) in [4.78, 5) is 132. The van der Waals surface area contributed by atoms with Crippen molar-refractivity contribution in [3.8, 4) is 17.1 Å². The third kappa shape index (κ3) is 16.3. The molecule has 0 atom stereocenters. The number of nitrogens with two attached hydrogens (primary N) is 3. The molecular formula is C84H105F3N24O6. The maximum Gasteiger partial charge on any atom is 0.282 e. The van der Waals surface area contributed by atoms with E-state index in [-0.39, 0.29) is 68.4 Å². The largest absolute Gasteiger partial charge is 0.397 e. The Labute approximate surface area is 677 Å². The van der Waals surface area contributed by atoms with E-state index in [0.717, 1.165) is 78.5 Å². The Bertz CT molecular complexity index is 4880. The molecule has 117 heavy (non-hydrogen) atoms. The summed E-state index contributed by atoms with van der Waals surface area (Å²) in [5, 5.41) is 1.78. The quantitative estimate of drug-likeness (QED) is 0.0509. The number of aryl methyl sites for hydroxylation is 3. The number of anilines is 9. The van der Waals surface area contributed by atoms with Gasteiger partial charge in [0, 0.05) is 153 Å². The smallest absolute Gasteiger partial charge is 0.282 e. The maximum absolute atomic E-state index is 14.9. The minimum absolute atomic E-state index is 0.0192. The lowest BCUT2D eigenvalue weighted by Gasteiger charge is -2.45. The number of hydrogen-bond acceptors (Lipinski definition) is 24. The van der Waals surface area contributed by atoms with Crippen molar-refractivity contribution in [2.45, 2.75) is 80.4 Å². The second-order valence-corrected chi connectivity index (χ2v) is 30.0. The van der Waals surface area contributed by atoms with Crippen LogP contribution in [0.3, 0.4) is 0 Å². The number of pyridine rings is 3. The first-order valence-electron chi connectivity index (χ1n) is 40.2. The molecule has 15 rings (SSSR count). The molecule has 6 aliphatic rings. The Morgan fingerprint density at radius 2 is 0.615 bits per heavy atom. The van der Waals surface area contributed by atoms with E-state index in [1.165, 1.54) is 68.3 Å². The normalized spacial score (nSPS) is 16.2. The highest BCUT2D eigenvalue weighted by molar-refractivity contribution is 5.95. The average molecular weight is 1600 g/mol. The molecule has 0 unspecified atom stereocenters. The monoisotopic (exact) mass is 1600 g/mol. The second-order valence-electron chi connectivity index (χ2n) is 30.0. The lowest BCUT2D eigenvalue weighted by atomic mass is 10.1. The van der Waals surface area contributed by atoms with Gasteiger partial charge in [-0.25, -0.2) is 28.1 Å². The van der Waals surface area contributed by atoms with Crippen LogP contribution in [0, 0.1) is 38.2 Å². The molecule has 30 nitrogen and oxygen atoms in total. The molecule has 0 bridgehead atoms. The molecule has 6 aliphatic heterocycles. The van der Waals surface area contributed by atoms with E-state index in [9.17, 15) is 41.9 Å². The van der Waals surface area contributed by atoms with E-state index in [2.05, 4.69) is 105 Å². The first kappa shape index (κ1) is 83.0. The van der Waals surface area contributed by atoms with Crippen LogP contribution in [0.2, 0.25) is 0 Å². The van der Waals surface area contributed by atoms with Crippen LogP contribution >= 0.6 is 0 Å². The zero-order chi connectivity index (χ0) is 83.5. The van der Waals surface area contributed by atoms with Crippen LogP contribution in [0.1, 0.15) is 58.6 Å². The molecule has 618 valence electrons. The number of likely N-dealkylation sites (N-methyl/N-ethyl adjacent to an activating group) is 3. The summed E-state index contributed by atoms with van der Waals surface area (Å²) in [7, 11) is 0. The fourth-order valence-corrected chi connectivity index (χ4v) is 16.7. The number of nitrogen functional groups attached to an aromatic ring is 3. The van der Waals surface area contributed by atoms with Gasteiger partial charge < -0.3 is 61.3 Å². The maximum atomic E-state index is 14.9. The number of piperazine rings is 3. The second kappa shape index (κ2) is 35.2. The van der Waals surface area contributed by atoms with Crippen molar-refractivity contribution in [3.05, 3.63) is 176 Å². The van der Waals surface area contributed by atoms with Crippen LogP contribution in [-0.2, 0) is 14.4 Å². The minimum Gasteiger partial charge on any atom is -0.397 e. The van der Waals surface area contributed by atoms with Crippen molar-refractivity contribution >= 4 is 103 Å². The van der Waals surface area contributed by atoms with Gasteiger partial charge in [-0.3, -0.25) is 57.2 Å². The van der Waals surface area contributed by atoms with Crippen molar-refractivity contribution in [2.24, 2.45) is 0 Å². The number of nitrogens with zero attached hydrogens (tertiary/aromatic N) is 21. The molecule has 0 spiro atoms. The van der Waals surface area contributed by atoms with Crippen molar-refractivity contribution in [1.29, 1.82) is 0 Å². The van der Waals surface area contributed by atoms with E-state index in [4.69, 9.17) is 47.1 Å². The predicted octanol–water partition coefficient (Wildman–Crippen LogP) is 6.53. The molecule has 12 heterocycles. The summed E-state index contributed by atoms with van der Waals surface area (Å²) < 4.78 is 48.6. The van der Waals surface area contributed by atoms with Crippen molar-refractivity contribution in [2.75, 3.05) is 204 Å². The predicted molar refractivity (Wildman–Crippen MR) is 456 cm³/mol. The van der Waals surface area contributed by atoms with Gasteiger partial charge in [0.25, 0.3) is 16.7 Å². The van der Waals surface area contributed by atoms with Gasteiger partial charge in [0.15, 0.2) is 0 Å². The van der Waals surface area contributed by atoms with Gasteiger partial charge in [-0.2, -0.15) is 15.0 Å². The van der Waals surface area contributed by atoms with E-state index >= 15 is 0 Å². The number of para-hydroxylation sites is 3. The molecule has 9 aromatic rings. The van der Waals surface area contributed by atoms with Crippen LogP contribution in [0.4, 0.5) is 65.5 Å². The van der Waals surface area contributed by atoms with Crippen LogP contribution in [0.15, 0.2) is 125 Å². The summed E-state index contributed by atoms with van der Waals surface area (Å²) in [5.41, 5.74) is 19.7. The third-order valence-electron chi connectivity index (χ3n) is 23.4. The van der Waals surface area contributed by atoms with Crippen molar-refractivity contribution in [3.63, 3.8) is 0 Å². The van der Waals surface area contributed by atoms with E-state index in [1.807, 2.05) is 18.2 Å². The minimum atomic E-state index is -0.582. The molecule has 6 aromatic heterocycles. The van der Waals surface area contributed by atoms with Crippen molar-refractivity contribution in [1.82, 2.24) is 73.0 Å². The first-order chi connectivity index (χ1) is 56.3. The number of benzene rings is 3. The van der Waals surface area contributed by atoms with E-state index < -0.39 is 34.1 Å². The lowest BCUT2D eigenvalue weighted by Crippen LogP contribution is -2.60. The number of carbonyl (C=O) groups excluding carboxylic acids is 3. The van der Waals surface area contributed by atoms with E-state index in [1.54, 1.807) is 53.7 Å². The Balaban J connectivity index is 0.000000152. The Morgan fingerprint density at radius 1 is 0.385 bits per heavy atom. The third-order valence-corrected chi connectivity index (χ3v) is 23.4. The molecule has 6 fully saturated rings. The van der Waals surface area contributed by atoms with Gasteiger partial charge in [-0.1, -0.05) is 79.5 Å². The first-order valence-corrected chi connectivity index (χ1v) is 40.2. The number of hydrogen-bond donors (Lipinski definition) is 3. The summed E-state index contributed by atoms with van der Waals surface area (Å²) >= 11 is 0. The highest BCUT2D eigenvalue weighted by Crippen LogP contribution is 2.36.